The normalized spacial score (nSPS) is 9.83. The van der Waals surface area contributed by atoms with Gasteiger partial charge in [-0.25, -0.2) is 4.98 Å². The van der Waals surface area contributed by atoms with Crippen molar-refractivity contribution in [1.29, 1.82) is 0 Å². The Hall–Kier alpha value is -1.10. The van der Waals surface area contributed by atoms with Crippen LogP contribution in [0.4, 0.5) is 4.39 Å². The molecule has 0 bridgehead atoms. The Kier molecular flexibility index (Phi) is 2.65. The van der Waals surface area contributed by atoms with Gasteiger partial charge in [0.2, 0.25) is 5.95 Å². The van der Waals surface area contributed by atoms with Gasteiger partial charge in [0, 0.05) is 0 Å². The molecule has 3 nitrogen and oxygen atoms in total. The number of halogens is 1. The van der Waals surface area contributed by atoms with Gasteiger partial charge in [0.15, 0.2) is 6.29 Å². The van der Waals surface area contributed by atoms with E-state index in [4.69, 9.17) is 0 Å². The maximum Gasteiger partial charge on any atom is 0.234 e. The van der Waals surface area contributed by atoms with E-state index in [1.54, 1.807) is 0 Å². The SMILES string of the molecule is CC(=O)Cc1nc(F)c(C=O)s1. The first-order valence-corrected chi connectivity index (χ1v) is 4.05. The van der Waals surface area contributed by atoms with Crippen LogP contribution in [0.25, 0.3) is 0 Å². The fraction of sp³-hybridized carbons (Fsp3) is 0.286. The van der Waals surface area contributed by atoms with E-state index < -0.39 is 5.95 Å². The fourth-order valence-electron chi connectivity index (χ4n) is 0.718. The summed E-state index contributed by atoms with van der Waals surface area (Å²) < 4.78 is 12.6. The third kappa shape index (κ3) is 1.94. The molecule has 0 fully saturated rings. The van der Waals surface area contributed by atoms with E-state index >= 15 is 0 Å². The molecular formula is C7H6FNO2S. The Balaban J connectivity index is 2.89. The molecule has 0 aromatic carbocycles. The van der Waals surface area contributed by atoms with Crippen molar-refractivity contribution in [2.24, 2.45) is 0 Å². The molecule has 12 heavy (non-hydrogen) atoms. The lowest BCUT2D eigenvalue weighted by Gasteiger charge is -1.85. The summed E-state index contributed by atoms with van der Waals surface area (Å²) in [5.74, 6) is -0.882. The Morgan fingerprint density at radius 3 is 2.83 bits per heavy atom. The molecule has 5 heteroatoms. The number of carbonyl (C=O) groups is 2. The highest BCUT2D eigenvalue weighted by atomic mass is 32.1. The van der Waals surface area contributed by atoms with Crippen molar-refractivity contribution in [3.63, 3.8) is 0 Å². The van der Waals surface area contributed by atoms with E-state index in [-0.39, 0.29) is 17.1 Å². The molecule has 0 amide bonds. The van der Waals surface area contributed by atoms with Crippen LogP contribution < -0.4 is 0 Å². The summed E-state index contributed by atoms with van der Waals surface area (Å²) in [5.41, 5.74) is 0. The monoisotopic (exact) mass is 187 g/mol. The van der Waals surface area contributed by atoms with Crippen LogP contribution in [0.15, 0.2) is 0 Å². The third-order valence-electron chi connectivity index (χ3n) is 1.16. The predicted octanol–water partition coefficient (Wildman–Crippen LogP) is 1.23. The van der Waals surface area contributed by atoms with Crippen LogP contribution in [0.2, 0.25) is 0 Å². The van der Waals surface area contributed by atoms with Crippen LogP contribution in [-0.4, -0.2) is 17.1 Å². The third-order valence-corrected chi connectivity index (χ3v) is 2.12. The topological polar surface area (TPSA) is 47.0 Å². The maximum absolute atomic E-state index is 12.6. The van der Waals surface area contributed by atoms with Crippen LogP contribution >= 0.6 is 11.3 Å². The highest BCUT2D eigenvalue weighted by molar-refractivity contribution is 7.13. The van der Waals surface area contributed by atoms with Gasteiger partial charge < -0.3 is 0 Å². The summed E-state index contributed by atoms with van der Waals surface area (Å²) in [5, 5.41) is 0.349. The molecular weight excluding hydrogens is 181 g/mol. The molecule has 0 N–H and O–H groups in total. The first-order valence-electron chi connectivity index (χ1n) is 3.23. The summed E-state index contributed by atoms with van der Waals surface area (Å²) >= 11 is 0.913. The Morgan fingerprint density at radius 1 is 1.75 bits per heavy atom. The minimum absolute atomic E-state index is 0.0498. The van der Waals surface area contributed by atoms with Crippen molar-refractivity contribution in [3.8, 4) is 0 Å². The minimum atomic E-state index is -0.786. The van der Waals surface area contributed by atoms with Gasteiger partial charge in [-0.1, -0.05) is 0 Å². The number of ketones is 1. The van der Waals surface area contributed by atoms with Crippen LogP contribution in [0.3, 0.4) is 0 Å². The van der Waals surface area contributed by atoms with Crippen molar-refractivity contribution >= 4 is 23.4 Å². The zero-order valence-electron chi connectivity index (χ0n) is 6.33. The minimum Gasteiger partial charge on any atom is -0.300 e. The van der Waals surface area contributed by atoms with E-state index in [0.29, 0.717) is 11.3 Å². The van der Waals surface area contributed by atoms with Gasteiger partial charge in [0.1, 0.15) is 15.7 Å². The second-order valence-electron chi connectivity index (χ2n) is 2.26. The lowest BCUT2D eigenvalue weighted by Crippen LogP contribution is -1.94. The number of Topliss-reactive ketones (excluding diaryl/α,β-unsaturated/α-hetero) is 1. The maximum atomic E-state index is 12.6. The van der Waals surface area contributed by atoms with Crippen LogP contribution in [-0.2, 0) is 11.2 Å². The summed E-state index contributed by atoms with van der Waals surface area (Å²) in [4.78, 5) is 24.1. The molecule has 0 aliphatic carbocycles. The Morgan fingerprint density at radius 2 is 2.42 bits per heavy atom. The number of carbonyl (C=O) groups excluding carboxylic acids is 2. The number of aldehydes is 1. The van der Waals surface area contributed by atoms with Crippen molar-refractivity contribution in [2.75, 3.05) is 0 Å². The first kappa shape index (κ1) is 8.99. The number of hydrogen-bond donors (Lipinski definition) is 0. The second-order valence-corrected chi connectivity index (χ2v) is 3.37. The summed E-state index contributed by atoms with van der Waals surface area (Å²) in [6, 6.07) is 0. The van der Waals surface area contributed by atoms with Gasteiger partial charge >= 0.3 is 0 Å². The van der Waals surface area contributed by atoms with Crippen LogP contribution in [0, 0.1) is 5.95 Å². The highest BCUT2D eigenvalue weighted by Crippen LogP contribution is 2.15. The van der Waals surface area contributed by atoms with Gasteiger partial charge in [-0.15, -0.1) is 11.3 Å². The fourth-order valence-corrected chi connectivity index (χ4v) is 1.55. The smallest absolute Gasteiger partial charge is 0.234 e. The molecule has 0 atom stereocenters. The van der Waals surface area contributed by atoms with E-state index in [1.165, 1.54) is 6.92 Å². The van der Waals surface area contributed by atoms with Gasteiger partial charge in [0.25, 0.3) is 0 Å². The molecule has 0 unspecified atom stereocenters. The molecule has 1 aromatic heterocycles. The Labute approximate surface area is 72.2 Å². The van der Waals surface area contributed by atoms with Gasteiger partial charge in [0.05, 0.1) is 6.42 Å². The molecule has 1 heterocycles. The first-order chi connectivity index (χ1) is 5.63. The van der Waals surface area contributed by atoms with Crippen LogP contribution in [0.1, 0.15) is 21.6 Å². The summed E-state index contributed by atoms with van der Waals surface area (Å²) in [6.07, 6.45) is 0.492. The van der Waals surface area contributed by atoms with E-state index in [0.717, 1.165) is 11.3 Å². The van der Waals surface area contributed by atoms with Gasteiger partial charge in [-0.3, -0.25) is 9.59 Å². The summed E-state index contributed by atoms with van der Waals surface area (Å²) in [7, 11) is 0. The van der Waals surface area contributed by atoms with E-state index in [2.05, 4.69) is 4.98 Å². The number of hydrogen-bond acceptors (Lipinski definition) is 4. The quantitative estimate of drug-likeness (QED) is 0.668. The zero-order chi connectivity index (χ0) is 9.14. The van der Waals surface area contributed by atoms with Crippen molar-refractivity contribution < 1.29 is 14.0 Å². The largest absolute Gasteiger partial charge is 0.300 e. The highest BCUT2D eigenvalue weighted by Gasteiger charge is 2.10. The molecule has 0 aliphatic rings. The Bertz CT molecular complexity index is 321. The molecule has 0 aliphatic heterocycles. The number of aromatic nitrogens is 1. The van der Waals surface area contributed by atoms with Gasteiger partial charge in [-0.2, -0.15) is 4.39 Å². The molecule has 1 aromatic rings. The average molecular weight is 187 g/mol. The molecule has 64 valence electrons. The number of rotatable bonds is 3. The molecule has 0 radical (unpaired) electrons. The van der Waals surface area contributed by atoms with Crippen LogP contribution in [0.5, 0.6) is 0 Å². The molecule has 0 spiro atoms. The zero-order valence-corrected chi connectivity index (χ0v) is 7.15. The van der Waals surface area contributed by atoms with Crippen molar-refractivity contribution in [2.45, 2.75) is 13.3 Å². The van der Waals surface area contributed by atoms with E-state index in [9.17, 15) is 14.0 Å². The van der Waals surface area contributed by atoms with Gasteiger partial charge in [-0.05, 0) is 6.92 Å². The summed E-state index contributed by atoms with van der Waals surface area (Å²) in [6.45, 7) is 1.39. The van der Waals surface area contributed by atoms with E-state index in [1.807, 2.05) is 0 Å². The van der Waals surface area contributed by atoms with Crippen molar-refractivity contribution in [3.05, 3.63) is 15.8 Å². The number of nitrogens with zero attached hydrogens (tertiary/aromatic N) is 1. The molecule has 0 saturated carbocycles. The standard InChI is InChI=1S/C7H6FNO2S/c1-4(11)2-6-9-7(8)5(3-10)12-6/h3H,2H2,1H3. The van der Waals surface area contributed by atoms with Crippen molar-refractivity contribution in [1.82, 2.24) is 4.98 Å². The second kappa shape index (κ2) is 3.53. The lowest BCUT2D eigenvalue weighted by atomic mass is 10.3. The molecule has 1 rings (SSSR count). The lowest BCUT2D eigenvalue weighted by molar-refractivity contribution is -0.116. The number of thiazole rings is 1. The average Bonchev–Trinajstić information content (AvgIpc) is 2.29. The molecule has 0 saturated heterocycles. The predicted molar refractivity (Wildman–Crippen MR) is 41.8 cm³/mol.